The second-order valence-electron chi connectivity index (χ2n) is 8.17. The highest BCUT2D eigenvalue weighted by Crippen LogP contribution is 2.25. The Hall–Kier alpha value is -2.67. The highest BCUT2D eigenvalue weighted by molar-refractivity contribution is 5.97. The quantitative estimate of drug-likeness (QED) is 0.753. The van der Waals surface area contributed by atoms with Crippen molar-refractivity contribution in [1.82, 2.24) is 25.5 Å². The van der Waals surface area contributed by atoms with E-state index in [9.17, 15) is 9.59 Å². The van der Waals surface area contributed by atoms with E-state index >= 15 is 0 Å². The van der Waals surface area contributed by atoms with E-state index in [-0.39, 0.29) is 11.8 Å². The predicted octanol–water partition coefficient (Wildman–Crippen LogP) is 1.93. The summed E-state index contributed by atoms with van der Waals surface area (Å²) in [7, 11) is 1.58. The molecule has 1 aromatic heterocycles. The molecule has 2 amide bonds. The van der Waals surface area contributed by atoms with E-state index < -0.39 is 11.5 Å². The summed E-state index contributed by atoms with van der Waals surface area (Å²) < 4.78 is 2.12. The van der Waals surface area contributed by atoms with Crippen molar-refractivity contribution >= 4 is 11.8 Å². The Morgan fingerprint density at radius 3 is 2.57 bits per heavy atom. The lowest BCUT2D eigenvalue weighted by molar-refractivity contribution is -0.124. The molecule has 1 aliphatic heterocycles. The molecule has 3 rings (SSSR count). The number of amides is 2. The van der Waals surface area contributed by atoms with E-state index in [0.29, 0.717) is 12.2 Å². The third kappa shape index (κ3) is 4.09. The summed E-state index contributed by atoms with van der Waals surface area (Å²) >= 11 is 0. The van der Waals surface area contributed by atoms with Gasteiger partial charge in [0, 0.05) is 25.7 Å². The van der Waals surface area contributed by atoms with Crippen molar-refractivity contribution < 1.29 is 9.59 Å². The van der Waals surface area contributed by atoms with Gasteiger partial charge in [0.05, 0.1) is 5.69 Å². The first-order valence-corrected chi connectivity index (χ1v) is 9.71. The number of hydrogen-bond acceptors (Lipinski definition) is 4. The molecule has 0 saturated carbocycles. The van der Waals surface area contributed by atoms with Gasteiger partial charge in [0.25, 0.3) is 5.91 Å². The van der Waals surface area contributed by atoms with Crippen LogP contribution in [0.2, 0.25) is 0 Å². The van der Waals surface area contributed by atoms with Crippen molar-refractivity contribution in [1.29, 1.82) is 0 Å². The number of likely N-dealkylation sites (N-methyl/N-ethyl adjacent to an activating group) is 1. The van der Waals surface area contributed by atoms with Crippen molar-refractivity contribution in [3.8, 4) is 11.4 Å². The average Bonchev–Trinajstić information content (AvgIpc) is 2.86. The molecule has 1 aromatic carbocycles. The van der Waals surface area contributed by atoms with Crippen LogP contribution >= 0.6 is 0 Å². The number of carbonyl (C=O) groups is 2. The second kappa shape index (κ2) is 8.14. The van der Waals surface area contributed by atoms with Crippen molar-refractivity contribution in [2.24, 2.45) is 5.41 Å². The Bertz CT molecular complexity index is 852. The van der Waals surface area contributed by atoms with Crippen LogP contribution in [0, 0.1) is 5.41 Å². The highest BCUT2D eigenvalue weighted by atomic mass is 16.2. The van der Waals surface area contributed by atoms with E-state index in [2.05, 4.69) is 20.5 Å². The molecule has 3 N–H and O–H groups in total. The third-order valence-corrected chi connectivity index (χ3v) is 5.00. The molecule has 0 radical (unpaired) electrons. The molecule has 1 atom stereocenters. The number of benzene rings is 1. The Morgan fingerprint density at radius 2 is 1.93 bits per heavy atom. The molecule has 0 saturated heterocycles. The molecule has 28 heavy (non-hydrogen) atoms. The Labute approximate surface area is 165 Å². The zero-order chi connectivity index (χ0) is 20.3. The van der Waals surface area contributed by atoms with Crippen LogP contribution in [0.3, 0.4) is 0 Å². The maximum Gasteiger partial charge on any atom is 0.272 e. The number of fused-ring (bicyclic) bond motifs is 1. The number of nitrogens with one attached hydrogen (secondary N) is 3. The molecular weight excluding hydrogens is 354 g/mol. The molecule has 2 aromatic rings. The summed E-state index contributed by atoms with van der Waals surface area (Å²) in [5.41, 5.74) is 1.79. The van der Waals surface area contributed by atoms with Gasteiger partial charge in [-0.3, -0.25) is 9.59 Å². The predicted molar refractivity (Wildman–Crippen MR) is 109 cm³/mol. The minimum atomic E-state index is -0.652. The fourth-order valence-corrected chi connectivity index (χ4v) is 3.48. The summed E-state index contributed by atoms with van der Waals surface area (Å²) in [5, 5.41) is 8.91. The minimum absolute atomic E-state index is 0.215. The molecule has 7 nitrogen and oxygen atoms in total. The maximum absolute atomic E-state index is 13.2. The lowest BCUT2D eigenvalue weighted by atomic mass is 9.86. The lowest BCUT2D eigenvalue weighted by Gasteiger charge is -2.29. The van der Waals surface area contributed by atoms with Crippen LogP contribution in [0.4, 0.5) is 0 Å². The number of aromatic nitrogens is 2. The Kier molecular flexibility index (Phi) is 5.84. The topological polar surface area (TPSA) is 88.1 Å². The summed E-state index contributed by atoms with van der Waals surface area (Å²) in [6.45, 7) is 8.04. The number of carbonyl (C=O) groups excluding carboxylic acids is 2. The largest absolute Gasteiger partial charge is 0.357 e. The molecule has 7 heteroatoms. The van der Waals surface area contributed by atoms with E-state index in [1.165, 1.54) is 0 Å². The molecule has 150 valence electrons. The molecule has 0 fully saturated rings. The normalized spacial score (nSPS) is 15.3. The van der Waals surface area contributed by atoms with E-state index in [1.54, 1.807) is 7.05 Å². The summed E-state index contributed by atoms with van der Waals surface area (Å²) in [4.78, 5) is 30.2. The standard InChI is InChI=1S/C21H29N5O2/c1-21(2,3)17(20(28)22-4)25-19(27)16-15-13-23-11-8-12-26(15)18(24-16)14-9-6-5-7-10-14/h5-7,9-10,17,23H,8,11-13H2,1-4H3,(H,22,28)(H,25,27). The van der Waals surface area contributed by atoms with Gasteiger partial charge in [0.2, 0.25) is 5.91 Å². The molecule has 2 heterocycles. The van der Waals surface area contributed by atoms with Gasteiger partial charge in [-0.2, -0.15) is 0 Å². The van der Waals surface area contributed by atoms with Crippen LogP contribution in [-0.2, 0) is 17.9 Å². The number of nitrogens with zero attached hydrogens (tertiary/aromatic N) is 2. The average molecular weight is 383 g/mol. The highest BCUT2D eigenvalue weighted by Gasteiger charge is 2.34. The van der Waals surface area contributed by atoms with Gasteiger partial charge in [-0.15, -0.1) is 0 Å². The van der Waals surface area contributed by atoms with E-state index in [1.807, 2.05) is 51.1 Å². The fourth-order valence-electron chi connectivity index (χ4n) is 3.48. The first-order valence-electron chi connectivity index (χ1n) is 9.71. The minimum Gasteiger partial charge on any atom is -0.357 e. The fraction of sp³-hybridized carbons (Fsp3) is 0.476. The van der Waals surface area contributed by atoms with Gasteiger partial charge in [-0.25, -0.2) is 4.98 Å². The zero-order valence-electron chi connectivity index (χ0n) is 17.0. The number of rotatable bonds is 4. The van der Waals surface area contributed by atoms with Crippen molar-refractivity contribution in [2.45, 2.75) is 46.3 Å². The number of imidazole rings is 1. The first kappa shape index (κ1) is 20.1. The van der Waals surface area contributed by atoms with Crippen LogP contribution in [0.5, 0.6) is 0 Å². The summed E-state index contributed by atoms with van der Waals surface area (Å²) in [5.74, 6) is 0.252. The Morgan fingerprint density at radius 1 is 1.21 bits per heavy atom. The summed E-state index contributed by atoms with van der Waals surface area (Å²) in [6.07, 6.45) is 0.965. The molecule has 1 unspecified atom stereocenters. The van der Waals surface area contributed by atoms with Crippen LogP contribution in [0.15, 0.2) is 30.3 Å². The van der Waals surface area contributed by atoms with E-state index in [4.69, 9.17) is 4.98 Å². The van der Waals surface area contributed by atoms with Crippen molar-refractivity contribution in [2.75, 3.05) is 13.6 Å². The van der Waals surface area contributed by atoms with Crippen LogP contribution in [-0.4, -0.2) is 41.0 Å². The Balaban J connectivity index is 2.00. The zero-order valence-corrected chi connectivity index (χ0v) is 17.0. The van der Waals surface area contributed by atoms with Crippen LogP contribution in [0.1, 0.15) is 43.4 Å². The van der Waals surface area contributed by atoms with Crippen LogP contribution in [0.25, 0.3) is 11.4 Å². The van der Waals surface area contributed by atoms with Gasteiger partial charge in [-0.05, 0) is 18.4 Å². The SMILES string of the molecule is CNC(=O)C(NC(=O)c1nc(-c2ccccc2)n2c1CNCCC2)C(C)(C)C. The molecule has 0 bridgehead atoms. The summed E-state index contributed by atoms with van der Waals surface area (Å²) in [6, 6.07) is 9.24. The first-order chi connectivity index (χ1) is 13.3. The lowest BCUT2D eigenvalue weighted by Crippen LogP contribution is -2.53. The van der Waals surface area contributed by atoms with Gasteiger partial charge >= 0.3 is 0 Å². The molecule has 1 aliphatic rings. The smallest absolute Gasteiger partial charge is 0.272 e. The van der Waals surface area contributed by atoms with Gasteiger partial charge in [0.15, 0.2) is 5.69 Å². The number of hydrogen-bond donors (Lipinski definition) is 3. The molecule has 0 aliphatic carbocycles. The molecule has 0 spiro atoms. The van der Waals surface area contributed by atoms with Gasteiger partial charge in [-0.1, -0.05) is 51.1 Å². The molecular formula is C21H29N5O2. The third-order valence-electron chi connectivity index (χ3n) is 5.00. The monoisotopic (exact) mass is 383 g/mol. The second-order valence-corrected chi connectivity index (χ2v) is 8.17. The van der Waals surface area contributed by atoms with Crippen molar-refractivity contribution in [3.05, 3.63) is 41.7 Å². The maximum atomic E-state index is 13.2. The van der Waals surface area contributed by atoms with Gasteiger partial charge in [0.1, 0.15) is 11.9 Å². The van der Waals surface area contributed by atoms with Crippen LogP contribution < -0.4 is 16.0 Å². The van der Waals surface area contributed by atoms with Gasteiger partial charge < -0.3 is 20.5 Å². The van der Waals surface area contributed by atoms with E-state index in [0.717, 1.165) is 36.6 Å². The van der Waals surface area contributed by atoms with Crippen molar-refractivity contribution in [3.63, 3.8) is 0 Å².